The van der Waals surface area contributed by atoms with Gasteiger partial charge >= 0.3 is 0 Å². The highest BCUT2D eigenvalue weighted by atomic mass is 14.3. The van der Waals surface area contributed by atoms with Gasteiger partial charge in [0.05, 0.1) is 0 Å². The van der Waals surface area contributed by atoms with Crippen LogP contribution in [-0.4, -0.2) is 0 Å². The molecule has 0 fully saturated rings. The minimum absolute atomic E-state index is 0.0150. The molecule has 0 N–H and O–H groups in total. The number of hydrogen-bond donors (Lipinski definition) is 0. The molecule has 0 aliphatic heterocycles. The zero-order valence-corrected chi connectivity index (χ0v) is 16.0. The van der Waals surface area contributed by atoms with E-state index in [0.29, 0.717) is 0 Å². The molecule has 0 atom stereocenters. The second kappa shape index (κ2) is 16.8. The van der Waals surface area contributed by atoms with Crippen molar-refractivity contribution < 1.29 is 0 Å². The van der Waals surface area contributed by atoms with Crippen molar-refractivity contribution in [3.05, 3.63) is 60.3 Å². The molecule has 0 aliphatic rings. The van der Waals surface area contributed by atoms with Crippen molar-refractivity contribution in [1.82, 2.24) is 0 Å². The maximum absolute atomic E-state index is 3.80. The van der Waals surface area contributed by atoms with Crippen LogP contribution in [0.15, 0.2) is 60.3 Å². The SMILES string of the molecule is C=C/C=C(\C=C/C)C(C)(C)C(/C=C\CC)=C/C.CC.CC. The molecule has 0 spiro atoms. The zero-order chi connectivity index (χ0) is 17.3. The highest BCUT2D eigenvalue weighted by molar-refractivity contribution is 5.41. The number of hydrogen-bond acceptors (Lipinski definition) is 0. The summed E-state index contributed by atoms with van der Waals surface area (Å²) in [6.07, 6.45) is 15.9. The molecule has 0 heteroatoms. The maximum Gasteiger partial charge on any atom is 0.0143 e. The normalized spacial score (nSPS) is 12.6. The van der Waals surface area contributed by atoms with E-state index in [2.05, 4.69) is 70.7 Å². The summed E-state index contributed by atoms with van der Waals surface area (Å²) in [5.41, 5.74) is 2.63. The molecule has 0 saturated carbocycles. The highest BCUT2D eigenvalue weighted by Crippen LogP contribution is 2.36. The summed E-state index contributed by atoms with van der Waals surface area (Å²) in [7, 11) is 0. The molecule has 0 heterocycles. The predicted molar refractivity (Wildman–Crippen MR) is 103 cm³/mol. The molecule has 21 heavy (non-hydrogen) atoms. The fourth-order valence-corrected chi connectivity index (χ4v) is 1.86. The lowest BCUT2D eigenvalue weighted by Crippen LogP contribution is -2.16. The van der Waals surface area contributed by atoms with Gasteiger partial charge in [0.1, 0.15) is 0 Å². The van der Waals surface area contributed by atoms with E-state index in [1.54, 1.807) is 0 Å². The Morgan fingerprint density at radius 2 is 1.48 bits per heavy atom. The quantitative estimate of drug-likeness (QED) is 0.440. The molecule has 0 aromatic heterocycles. The summed E-state index contributed by atoms with van der Waals surface area (Å²) < 4.78 is 0. The smallest absolute Gasteiger partial charge is 0.0143 e. The summed E-state index contributed by atoms with van der Waals surface area (Å²) in [5, 5.41) is 0. The van der Waals surface area contributed by atoms with Gasteiger partial charge in [-0.05, 0) is 31.4 Å². The molecule has 0 aromatic rings. The van der Waals surface area contributed by atoms with Crippen LogP contribution in [0.5, 0.6) is 0 Å². The van der Waals surface area contributed by atoms with Crippen LogP contribution in [0.2, 0.25) is 0 Å². The molecule has 0 nitrogen and oxygen atoms in total. The fourth-order valence-electron chi connectivity index (χ4n) is 1.86. The van der Waals surface area contributed by atoms with Crippen LogP contribution in [0.1, 0.15) is 68.7 Å². The molecule has 0 rings (SSSR count). The second-order valence-corrected chi connectivity index (χ2v) is 4.54. The van der Waals surface area contributed by atoms with Gasteiger partial charge in [-0.2, -0.15) is 0 Å². The van der Waals surface area contributed by atoms with E-state index in [1.165, 1.54) is 11.1 Å². The lowest BCUT2D eigenvalue weighted by Gasteiger charge is -2.28. The summed E-state index contributed by atoms with van der Waals surface area (Å²) in [4.78, 5) is 0. The van der Waals surface area contributed by atoms with Crippen molar-refractivity contribution in [2.24, 2.45) is 5.41 Å². The average Bonchev–Trinajstić information content (AvgIpc) is 2.51. The molecule has 0 aliphatic carbocycles. The minimum Gasteiger partial charge on any atom is -0.0991 e. The van der Waals surface area contributed by atoms with Crippen molar-refractivity contribution in [3.8, 4) is 0 Å². The third kappa shape index (κ3) is 10.1. The van der Waals surface area contributed by atoms with Crippen molar-refractivity contribution in [2.45, 2.75) is 68.7 Å². The van der Waals surface area contributed by atoms with Gasteiger partial charge in [0.25, 0.3) is 0 Å². The van der Waals surface area contributed by atoms with Crippen LogP contribution in [0, 0.1) is 5.41 Å². The Labute approximate surface area is 135 Å². The molecule has 0 bridgehead atoms. The van der Waals surface area contributed by atoms with E-state index >= 15 is 0 Å². The van der Waals surface area contributed by atoms with Crippen LogP contribution in [0.3, 0.4) is 0 Å². The first-order valence-corrected chi connectivity index (χ1v) is 8.33. The minimum atomic E-state index is 0.0150. The third-order valence-electron chi connectivity index (χ3n) is 2.93. The maximum atomic E-state index is 3.80. The first-order valence-electron chi connectivity index (χ1n) is 8.33. The molecule has 122 valence electrons. The first kappa shape index (κ1) is 24.7. The van der Waals surface area contributed by atoms with Crippen molar-refractivity contribution in [2.75, 3.05) is 0 Å². The Morgan fingerprint density at radius 1 is 0.952 bits per heavy atom. The summed E-state index contributed by atoms with van der Waals surface area (Å²) in [5.74, 6) is 0. The van der Waals surface area contributed by atoms with Crippen LogP contribution in [-0.2, 0) is 0 Å². The Morgan fingerprint density at radius 3 is 1.81 bits per heavy atom. The monoisotopic (exact) mass is 290 g/mol. The predicted octanol–water partition coefficient (Wildman–Crippen LogP) is 7.67. The summed E-state index contributed by atoms with van der Waals surface area (Å²) >= 11 is 0. The van der Waals surface area contributed by atoms with Gasteiger partial charge in [-0.25, -0.2) is 0 Å². The molecule has 0 amide bonds. The van der Waals surface area contributed by atoms with Gasteiger partial charge in [-0.15, -0.1) is 0 Å². The van der Waals surface area contributed by atoms with Gasteiger partial charge in [-0.3, -0.25) is 0 Å². The van der Waals surface area contributed by atoms with Gasteiger partial charge in [0, 0.05) is 5.41 Å². The van der Waals surface area contributed by atoms with E-state index < -0.39 is 0 Å². The van der Waals surface area contributed by atoms with E-state index in [0.717, 1.165) is 6.42 Å². The summed E-state index contributed by atoms with van der Waals surface area (Å²) in [6, 6.07) is 0. The lowest BCUT2D eigenvalue weighted by molar-refractivity contribution is 0.565. The first-order chi connectivity index (χ1) is 10.0. The lowest BCUT2D eigenvalue weighted by atomic mass is 9.76. The fraction of sp³-hybridized carbons (Fsp3) is 0.524. The average molecular weight is 291 g/mol. The van der Waals surface area contributed by atoms with Gasteiger partial charge in [0.2, 0.25) is 0 Å². The van der Waals surface area contributed by atoms with Crippen molar-refractivity contribution in [1.29, 1.82) is 0 Å². The van der Waals surface area contributed by atoms with E-state index in [9.17, 15) is 0 Å². The van der Waals surface area contributed by atoms with E-state index in [-0.39, 0.29) is 5.41 Å². The molecular formula is C21H38. The third-order valence-corrected chi connectivity index (χ3v) is 2.93. The van der Waals surface area contributed by atoms with Crippen LogP contribution >= 0.6 is 0 Å². The molecule has 0 unspecified atom stereocenters. The van der Waals surface area contributed by atoms with Gasteiger partial charge < -0.3 is 0 Å². The Hall–Kier alpha value is -1.30. The van der Waals surface area contributed by atoms with E-state index in [4.69, 9.17) is 0 Å². The summed E-state index contributed by atoms with van der Waals surface area (Å²) in [6.45, 7) is 22.6. The zero-order valence-electron chi connectivity index (χ0n) is 16.0. The van der Waals surface area contributed by atoms with Crippen LogP contribution in [0.4, 0.5) is 0 Å². The molecule has 0 saturated heterocycles. The number of allylic oxidation sites excluding steroid dienone is 9. The van der Waals surface area contributed by atoms with Crippen LogP contribution in [0.25, 0.3) is 0 Å². The van der Waals surface area contributed by atoms with Crippen LogP contribution < -0.4 is 0 Å². The van der Waals surface area contributed by atoms with Crippen molar-refractivity contribution >= 4 is 0 Å². The van der Waals surface area contributed by atoms with E-state index in [1.807, 2.05) is 40.7 Å². The standard InChI is InChI=1S/C17H26.2C2H6/c1-7-11-14-15(10-4)17(5,6)16(12-8-2)13-9-3;2*1-2/h8-14H,2,7H2,1,3-6H3;2*1-2H3/b13-9-,14-11-,15-10+,16-12+;;. The second-order valence-electron chi connectivity index (χ2n) is 4.54. The molecular weight excluding hydrogens is 252 g/mol. The molecule has 0 aromatic carbocycles. The highest BCUT2D eigenvalue weighted by Gasteiger charge is 2.23. The Bertz CT molecular complexity index is 346. The largest absolute Gasteiger partial charge is 0.0991 e. The Kier molecular flexibility index (Phi) is 19.7. The van der Waals surface area contributed by atoms with Gasteiger partial charge in [0.15, 0.2) is 0 Å². The number of rotatable bonds is 6. The Balaban J connectivity index is -0.000000739. The van der Waals surface area contributed by atoms with Gasteiger partial charge in [-0.1, -0.05) is 97.6 Å². The topological polar surface area (TPSA) is 0 Å². The van der Waals surface area contributed by atoms with Crippen molar-refractivity contribution in [3.63, 3.8) is 0 Å². The molecule has 0 radical (unpaired) electrons.